The number of fused-ring (bicyclic) bond motifs is 1. The average molecular weight is 254 g/mol. The van der Waals surface area contributed by atoms with Crippen LogP contribution in [0.5, 0.6) is 0 Å². The van der Waals surface area contributed by atoms with E-state index in [2.05, 4.69) is 15.3 Å². The molecule has 0 atom stereocenters. The maximum absolute atomic E-state index is 11.4. The lowest BCUT2D eigenvalue weighted by atomic mass is 10.0. The number of aromatic nitrogens is 2. The molecule has 0 radical (unpaired) electrons. The van der Waals surface area contributed by atoms with Crippen molar-refractivity contribution in [3.8, 4) is 11.3 Å². The normalized spacial score (nSPS) is 13.3. The first kappa shape index (κ1) is 11.6. The number of aryl methyl sites for hydroxylation is 2. The van der Waals surface area contributed by atoms with Crippen LogP contribution in [-0.4, -0.2) is 15.9 Å². The van der Waals surface area contributed by atoms with Crippen LogP contribution in [0.4, 0.5) is 11.4 Å². The van der Waals surface area contributed by atoms with Crippen LogP contribution in [0.2, 0.25) is 0 Å². The van der Waals surface area contributed by atoms with Gasteiger partial charge < -0.3 is 11.1 Å². The molecule has 96 valence electrons. The van der Waals surface area contributed by atoms with Gasteiger partial charge in [-0.3, -0.25) is 4.79 Å². The SMILES string of the molecule is Cc1nc(C)c(N)c(-c2ccc3c(c2)CC(=O)N3)n1. The zero-order valence-electron chi connectivity index (χ0n) is 10.8. The lowest BCUT2D eigenvalue weighted by Crippen LogP contribution is -2.03. The van der Waals surface area contributed by atoms with Gasteiger partial charge >= 0.3 is 0 Å². The molecule has 5 nitrogen and oxygen atoms in total. The molecule has 0 aliphatic carbocycles. The van der Waals surface area contributed by atoms with Crippen molar-refractivity contribution in [2.75, 3.05) is 11.1 Å². The molecule has 0 spiro atoms. The molecule has 1 amide bonds. The van der Waals surface area contributed by atoms with Crippen molar-refractivity contribution in [2.24, 2.45) is 0 Å². The van der Waals surface area contributed by atoms with Gasteiger partial charge in [0.1, 0.15) is 5.82 Å². The molecule has 0 fully saturated rings. The van der Waals surface area contributed by atoms with E-state index in [9.17, 15) is 4.79 Å². The number of nitrogens with two attached hydrogens (primary N) is 1. The first-order valence-corrected chi connectivity index (χ1v) is 6.08. The standard InChI is InChI=1S/C14H14N4O/c1-7-13(15)14(17-8(2)16-7)9-3-4-11-10(5-9)6-12(19)18-11/h3-5H,6,15H2,1-2H3,(H,18,19). The van der Waals surface area contributed by atoms with Crippen LogP contribution in [0.3, 0.4) is 0 Å². The molecule has 3 N–H and O–H groups in total. The van der Waals surface area contributed by atoms with Crippen LogP contribution in [0.15, 0.2) is 18.2 Å². The largest absolute Gasteiger partial charge is 0.395 e. The van der Waals surface area contributed by atoms with Gasteiger partial charge in [-0.25, -0.2) is 9.97 Å². The zero-order chi connectivity index (χ0) is 13.6. The number of amides is 1. The molecule has 2 heterocycles. The topological polar surface area (TPSA) is 80.9 Å². The highest BCUT2D eigenvalue weighted by Crippen LogP contribution is 2.31. The van der Waals surface area contributed by atoms with E-state index in [1.165, 1.54) is 0 Å². The lowest BCUT2D eigenvalue weighted by Gasteiger charge is -2.09. The molecule has 1 aromatic heterocycles. The number of anilines is 2. The van der Waals surface area contributed by atoms with E-state index in [0.717, 1.165) is 28.2 Å². The second kappa shape index (κ2) is 4.05. The number of nitrogens with one attached hydrogen (secondary N) is 1. The average Bonchev–Trinajstić information content (AvgIpc) is 2.72. The maximum Gasteiger partial charge on any atom is 0.228 e. The molecular formula is C14H14N4O. The van der Waals surface area contributed by atoms with Gasteiger partial charge in [-0.2, -0.15) is 0 Å². The van der Waals surface area contributed by atoms with E-state index in [-0.39, 0.29) is 5.91 Å². The monoisotopic (exact) mass is 254 g/mol. The van der Waals surface area contributed by atoms with Crippen molar-refractivity contribution >= 4 is 17.3 Å². The number of hydrogen-bond donors (Lipinski definition) is 2. The van der Waals surface area contributed by atoms with Gasteiger partial charge in [0.2, 0.25) is 5.91 Å². The van der Waals surface area contributed by atoms with Crippen LogP contribution < -0.4 is 11.1 Å². The summed E-state index contributed by atoms with van der Waals surface area (Å²) in [6.45, 7) is 3.71. The van der Waals surface area contributed by atoms with Crippen LogP contribution in [-0.2, 0) is 11.2 Å². The summed E-state index contributed by atoms with van der Waals surface area (Å²) in [6, 6.07) is 5.77. The number of carbonyl (C=O) groups is 1. The van der Waals surface area contributed by atoms with Gasteiger partial charge in [0.25, 0.3) is 0 Å². The second-order valence-electron chi connectivity index (χ2n) is 4.72. The third-order valence-electron chi connectivity index (χ3n) is 3.25. The highest BCUT2D eigenvalue weighted by atomic mass is 16.1. The molecular weight excluding hydrogens is 240 g/mol. The highest BCUT2D eigenvalue weighted by Gasteiger charge is 2.19. The van der Waals surface area contributed by atoms with Crippen LogP contribution in [0.1, 0.15) is 17.1 Å². The predicted octanol–water partition coefficient (Wildman–Crippen LogP) is 1.84. The fourth-order valence-corrected chi connectivity index (χ4v) is 2.32. The third-order valence-corrected chi connectivity index (χ3v) is 3.25. The molecule has 1 aromatic carbocycles. The smallest absolute Gasteiger partial charge is 0.228 e. The Kier molecular flexibility index (Phi) is 2.48. The van der Waals surface area contributed by atoms with Crippen molar-refractivity contribution in [3.63, 3.8) is 0 Å². The molecule has 0 unspecified atom stereocenters. The van der Waals surface area contributed by atoms with Crippen molar-refractivity contribution < 1.29 is 4.79 Å². The summed E-state index contributed by atoms with van der Waals surface area (Å²) < 4.78 is 0. The van der Waals surface area contributed by atoms with Gasteiger partial charge in [-0.1, -0.05) is 6.07 Å². The number of rotatable bonds is 1. The Labute approximate surface area is 110 Å². The summed E-state index contributed by atoms with van der Waals surface area (Å²) in [4.78, 5) is 20.0. The van der Waals surface area contributed by atoms with Crippen molar-refractivity contribution in [1.82, 2.24) is 9.97 Å². The van der Waals surface area contributed by atoms with Gasteiger partial charge in [-0.05, 0) is 31.5 Å². The molecule has 0 saturated carbocycles. The number of benzene rings is 1. The molecule has 3 rings (SSSR count). The molecule has 1 aliphatic heterocycles. The summed E-state index contributed by atoms with van der Waals surface area (Å²) in [5.41, 5.74) is 10.9. The first-order chi connectivity index (χ1) is 9.04. The van der Waals surface area contributed by atoms with Crippen LogP contribution in [0, 0.1) is 13.8 Å². The van der Waals surface area contributed by atoms with Gasteiger partial charge in [0, 0.05) is 11.3 Å². The molecule has 2 aromatic rings. The van der Waals surface area contributed by atoms with Crippen molar-refractivity contribution in [1.29, 1.82) is 0 Å². The summed E-state index contributed by atoms with van der Waals surface area (Å²) in [5.74, 6) is 0.714. The van der Waals surface area contributed by atoms with E-state index < -0.39 is 0 Å². The minimum atomic E-state index is 0.0233. The molecule has 19 heavy (non-hydrogen) atoms. The number of carbonyl (C=O) groups excluding carboxylic acids is 1. The van der Waals surface area contributed by atoms with Gasteiger partial charge in [0.05, 0.1) is 23.5 Å². The van der Waals surface area contributed by atoms with E-state index in [1.807, 2.05) is 32.0 Å². The Morgan fingerprint density at radius 1 is 1.26 bits per heavy atom. The number of nitrogens with zero attached hydrogens (tertiary/aromatic N) is 2. The van der Waals surface area contributed by atoms with Crippen LogP contribution >= 0.6 is 0 Å². The second-order valence-corrected chi connectivity index (χ2v) is 4.72. The van der Waals surface area contributed by atoms with Crippen LogP contribution in [0.25, 0.3) is 11.3 Å². The summed E-state index contributed by atoms with van der Waals surface area (Å²) in [7, 11) is 0. The summed E-state index contributed by atoms with van der Waals surface area (Å²) >= 11 is 0. The minimum absolute atomic E-state index is 0.0233. The first-order valence-electron chi connectivity index (χ1n) is 6.08. The van der Waals surface area contributed by atoms with Crippen molar-refractivity contribution in [3.05, 3.63) is 35.3 Å². The fourth-order valence-electron chi connectivity index (χ4n) is 2.32. The highest BCUT2D eigenvalue weighted by molar-refractivity contribution is 5.99. The Balaban J connectivity index is 2.14. The lowest BCUT2D eigenvalue weighted by molar-refractivity contribution is -0.115. The van der Waals surface area contributed by atoms with E-state index >= 15 is 0 Å². The molecule has 0 saturated heterocycles. The molecule has 5 heteroatoms. The van der Waals surface area contributed by atoms with Gasteiger partial charge in [0.15, 0.2) is 0 Å². The zero-order valence-corrected chi connectivity index (χ0v) is 10.8. The fraction of sp³-hybridized carbons (Fsp3) is 0.214. The molecule has 0 bridgehead atoms. The Morgan fingerprint density at radius 2 is 2.05 bits per heavy atom. The third kappa shape index (κ3) is 1.93. The number of hydrogen-bond acceptors (Lipinski definition) is 4. The Morgan fingerprint density at radius 3 is 2.84 bits per heavy atom. The number of nitrogen functional groups attached to an aromatic ring is 1. The van der Waals surface area contributed by atoms with E-state index in [1.54, 1.807) is 0 Å². The quantitative estimate of drug-likeness (QED) is 0.813. The van der Waals surface area contributed by atoms with E-state index in [4.69, 9.17) is 5.73 Å². The summed E-state index contributed by atoms with van der Waals surface area (Å²) in [5, 5.41) is 2.81. The maximum atomic E-state index is 11.4. The van der Waals surface area contributed by atoms with E-state index in [0.29, 0.717) is 17.9 Å². The molecule has 1 aliphatic rings. The predicted molar refractivity (Wildman–Crippen MR) is 73.7 cm³/mol. The Bertz CT molecular complexity index is 694. The summed E-state index contributed by atoms with van der Waals surface area (Å²) in [6.07, 6.45) is 0.409. The van der Waals surface area contributed by atoms with Crippen molar-refractivity contribution in [2.45, 2.75) is 20.3 Å². The van der Waals surface area contributed by atoms with Gasteiger partial charge in [-0.15, -0.1) is 0 Å². The Hall–Kier alpha value is -2.43. The minimum Gasteiger partial charge on any atom is -0.395 e.